The van der Waals surface area contributed by atoms with Gasteiger partial charge in [-0.15, -0.1) is 0 Å². The third-order valence-electron chi connectivity index (χ3n) is 4.32. The van der Waals surface area contributed by atoms with Crippen LogP contribution < -0.4 is 10.3 Å². The Morgan fingerprint density at radius 2 is 1.65 bits per heavy atom. The summed E-state index contributed by atoms with van der Waals surface area (Å²) in [6, 6.07) is 14.7. The van der Waals surface area contributed by atoms with E-state index < -0.39 is 0 Å². The molecule has 0 saturated carbocycles. The second-order valence-electron chi connectivity index (χ2n) is 6.17. The Morgan fingerprint density at radius 1 is 1.04 bits per heavy atom. The number of benzene rings is 2. The Hall–Kier alpha value is -2.82. The fraction of sp³-hybridized carbons (Fsp3) is 0.333. The maximum atomic E-state index is 12.2. The molecule has 0 aromatic heterocycles. The Morgan fingerprint density at radius 3 is 2.23 bits per heavy atom. The van der Waals surface area contributed by atoms with Crippen LogP contribution in [0.3, 0.4) is 0 Å². The van der Waals surface area contributed by atoms with Crippen LogP contribution in [0.1, 0.15) is 43.1 Å². The SMILES string of the molecule is CCN(CC)c1ccc(C(=O)NN=C(C)CCc2ccc(O)cc2)cc1. The molecule has 2 aromatic carbocycles. The van der Waals surface area contributed by atoms with Gasteiger partial charge < -0.3 is 10.0 Å². The van der Waals surface area contributed by atoms with Crippen molar-refractivity contribution in [2.75, 3.05) is 18.0 Å². The largest absolute Gasteiger partial charge is 0.508 e. The number of carbonyl (C=O) groups excluding carboxylic acids is 1. The Labute approximate surface area is 155 Å². The number of phenols is 1. The highest BCUT2D eigenvalue weighted by molar-refractivity contribution is 5.95. The number of aromatic hydroxyl groups is 1. The van der Waals surface area contributed by atoms with Gasteiger partial charge in [0.15, 0.2) is 0 Å². The number of amides is 1. The minimum atomic E-state index is -0.208. The van der Waals surface area contributed by atoms with E-state index in [1.54, 1.807) is 12.1 Å². The fourth-order valence-corrected chi connectivity index (χ4v) is 2.67. The van der Waals surface area contributed by atoms with Crippen molar-refractivity contribution in [1.29, 1.82) is 0 Å². The molecule has 0 atom stereocenters. The van der Waals surface area contributed by atoms with Gasteiger partial charge in [-0.05, 0) is 75.6 Å². The van der Waals surface area contributed by atoms with Crippen LogP contribution >= 0.6 is 0 Å². The number of nitrogens with one attached hydrogen (secondary N) is 1. The number of hydrazone groups is 1. The van der Waals surface area contributed by atoms with Crippen molar-refractivity contribution in [3.63, 3.8) is 0 Å². The minimum absolute atomic E-state index is 0.208. The zero-order chi connectivity index (χ0) is 18.9. The number of hydrogen-bond donors (Lipinski definition) is 2. The number of aryl methyl sites for hydroxylation is 1. The predicted molar refractivity (Wildman–Crippen MR) is 107 cm³/mol. The van der Waals surface area contributed by atoms with Crippen molar-refractivity contribution >= 4 is 17.3 Å². The maximum Gasteiger partial charge on any atom is 0.271 e. The number of rotatable bonds is 8. The lowest BCUT2D eigenvalue weighted by atomic mass is 10.1. The van der Waals surface area contributed by atoms with Gasteiger partial charge in [0.05, 0.1) is 0 Å². The summed E-state index contributed by atoms with van der Waals surface area (Å²) >= 11 is 0. The van der Waals surface area contributed by atoms with E-state index in [-0.39, 0.29) is 11.7 Å². The molecule has 0 heterocycles. The monoisotopic (exact) mass is 353 g/mol. The van der Waals surface area contributed by atoms with Crippen LogP contribution in [0.25, 0.3) is 0 Å². The van der Waals surface area contributed by atoms with Gasteiger partial charge in [-0.25, -0.2) is 5.43 Å². The van der Waals surface area contributed by atoms with Gasteiger partial charge in [-0.3, -0.25) is 4.79 Å². The van der Waals surface area contributed by atoms with Crippen LogP contribution in [0.2, 0.25) is 0 Å². The molecule has 0 spiro atoms. The lowest BCUT2D eigenvalue weighted by Gasteiger charge is -2.20. The van der Waals surface area contributed by atoms with Gasteiger partial charge in [0.25, 0.3) is 5.91 Å². The van der Waals surface area contributed by atoms with E-state index in [0.717, 1.165) is 42.9 Å². The third kappa shape index (κ3) is 5.62. The zero-order valence-electron chi connectivity index (χ0n) is 15.7. The fourth-order valence-electron chi connectivity index (χ4n) is 2.67. The Bertz CT molecular complexity index is 733. The molecule has 1 amide bonds. The summed E-state index contributed by atoms with van der Waals surface area (Å²) in [5, 5.41) is 13.5. The molecule has 0 aliphatic carbocycles. The molecule has 26 heavy (non-hydrogen) atoms. The van der Waals surface area contributed by atoms with Gasteiger partial charge in [-0.1, -0.05) is 12.1 Å². The first kappa shape index (κ1) is 19.5. The molecular weight excluding hydrogens is 326 g/mol. The van der Waals surface area contributed by atoms with E-state index in [4.69, 9.17) is 0 Å². The second kappa shape index (κ2) is 9.61. The molecule has 0 aliphatic heterocycles. The number of phenolic OH excluding ortho intramolecular Hbond substituents is 1. The van der Waals surface area contributed by atoms with E-state index in [2.05, 4.69) is 29.3 Å². The summed E-state index contributed by atoms with van der Waals surface area (Å²) in [6.45, 7) is 7.99. The molecular formula is C21H27N3O2. The number of nitrogens with zero attached hydrogens (tertiary/aromatic N) is 2. The van der Waals surface area contributed by atoms with Gasteiger partial charge in [0.1, 0.15) is 5.75 Å². The Balaban J connectivity index is 1.88. The van der Waals surface area contributed by atoms with Gasteiger partial charge >= 0.3 is 0 Å². The van der Waals surface area contributed by atoms with E-state index in [1.165, 1.54) is 0 Å². The molecule has 0 fully saturated rings. The molecule has 0 radical (unpaired) electrons. The third-order valence-corrected chi connectivity index (χ3v) is 4.32. The molecule has 138 valence electrons. The normalized spacial score (nSPS) is 11.3. The van der Waals surface area contributed by atoms with Gasteiger partial charge in [0.2, 0.25) is 0 Å². The first-order valence-corrected chi connectivity index (χ1v) is 9.00. The Kier molecular flexibility index (Phi) is 7.21. The highest BCUT2D eigenvalue weighted by Gasteiger charge is 2.07. The minimum Gasteiger partial charge on any atom is -0.508 e. The smallest absolute Gasteiger partial charge is 0.271 e. The van der Waals surface area contributed by atoms with Crippen molar-refractivity contribution in [2.24, 2.45) is 5.10 Å². The average Bonchev–Trinajstić information content (AvgIpc) is 2.67. The van der Waals surface area contributed by atoms with Crippen molar-refractivity contribution in [3.05, 3.63) is 59.7 Å². The molecule has 2 rings (SSSR count). The van der Waals surface area contributed by atoms with Crippen molar-refractivity contribution in [3.8, 4) is 5.75 Å². The average molecular weight is 353 g/mol. The molecule has 0 unspecified atom stereocenters. The molecule has 2 aromatic rings. The summed E-state index contributed by atoms with van der Waals surface area (Å²) in [6.07, 6.45) is 1.55. The summed E-state index contributed by atoms with van der Waals surface area (Å²) in [5.74, 6) is 0.0542. The quantitative estimate of drug-likeness (QED) is 0.557. The summed E-state index contributed by atoms with van der Waals surface area (Å²) in [4.78, 5) is 14.5. The molecule has 2 N–H and O–H groups in total. The maximum absolute atomic E-state index is 12.2. The van der Waals surface area contributed by atoms with E-state index in [1.807, 2.05) is 43.3 Å². The van der Waals surface area contributed by atoms with Crippen LogP contribution in [0, 0.1) is 0 Å². The van der Waals surface area contributed by atoms with Crippen LogP contribution in [0.15, 0.2) is 53.6 Å². The molecule has 0 aliphatic rings. The van der Waals surface area contributed by atoms with Crippen molar-refractivity contribution in [1.82, 2.24) is 5.43 Å². The first-order valence-electron chi connectivity index (χ1n) is 9.00. The lowest BCUT2D eigenvalue weighted by Crippen LogP contribution is -2.22. The van der Waals surface area contributed by atoms with Crippen LogP contribution in [-0.4, -0.2) is 29.8 Å². The van der Waals surface area contributed by atoms with Crippen LogP contribution in [0.5, 0.6) is 5.75 Å². The second-order valence-corrected chi connectivity index (χ2v) is 6.17. The highest BCUT2D eigenvalue weighted by Crippen LogP contribution is 2.15. The van der Waals surface area contributed by atoms with Crippen LogP contribution in [0.4, 0.5) is 5.69 Å². The van der Waals surface area contributed by atoms with E-state index in [9.17, 15) is 9.90 Å². The van der Waals surface area contributed by atoms with Crippen molar-refractivity contribution in [2.45, 2.75) is 33.6 Å². The number of carbonyl (C=O) groups is 1. The van der Waals surface area contributed by atoms with Gasteiger partial charge in [0, 0.05) is 30.1 Å². The molecule has 5 nitrogen and oxygen atoms in total. The molecule has 0 bridgehead atoms. The first-order chi connectivity index (χ1) is 12.5. The number of hydrogen-bond acceptors (Lipinski definition) is 4. The predicted octanol–water partition coefficient (Wildman–Crippen LogP) is 3.98. The molecule has 0 saturated heterocycles. The summed E-state index contributed by atoms with van der Waals surface area (Å²) in [5.41, 5.74) is 6.29. The van der Waals surface area contributed by atoms with E-state index >= 15 is 0 Å². The summed E-state index contributed by atoms with van der Waals surface area (Å²) < 4.78 is 0. The summed E-state index contributed by atoms with van der Waals surface area (Å²) in [7, 11) is 0. The van der Waals surface area contributed by atoms with E-state index in [0.29, 0.717) is 5.56 Å². The molecule has 5 heteroatoms. The topological polar surface area (TPSA) is 64.9 Å². The van der Waals surface area contributed by atoms with Gasteiger partial charge in [-0.2, -0.15) is 5.10 Å². The van der Waals surface area contributed by atoms with Crippen LogP contribution in [-0.2, 0) is 6.42 Å². The zero-order valence-corrected chi connectivity index (χ0v) is 15.7. The highest BCUT2D eigenvalue weighted by atomic mass is 16.3. The number of anilines is 1. The lowest BCUT2D eigenvalue weighted by molar-refractivity contribution is 0.0954. The standard InChI is InChI=1S/C21H27N3O2/c1-4-24(5-2)19-12-10-18(11-13-19)21(26)23-22-16(3)6-7-17-8-14-20(25)15-9-17/h8-15,25H,4-7H2,1-3H3,(H,23,26). The van der Waals surface area contributed by atoms with Crippen molar-refractivity contribution < 1.29 is 9.90 Å².